The van der Waals surface area contributed by atoms with Crippen LogP contribution in [-0.2, 0) is 0 Å². The van der Waals surface area contributed by atoms with E-state index in [1.54, 1.807) is 0 Å². The largest absolute Gasteiger partial charge is 0.396 e. The van der Waals surface area contributed by atoms with Gasteiger partial charge < -0.3 is 15.7 Å². The molecule has 0 aromatic rings. The highest BCUT2D eigenvalue weighted by molar-refractivity contribution is 4.78. The van der Waals surface area contributed by atoms with E-state index < -0.39 is 0 Å². The molecule has 0 spiro atoms. The van der Waals surface area contributed by atoms with Crippen LogP contribution in [0.5, 0.6) is 0 Å². The summed E-state index contributed by atoms with van der Waals surface area (Å²) in [7, 11) is 2.16. The fourth-order valence-electron chi connectivity index (χ4n) is 2.02. The summed E-state index contributed by atoms with van der Waals surface area (Å²) >= 11 is 0. The summed E-state index contributed by atoms with van der Waals surface area (Å²) in [4.78, 5) is 2.36. The summed E-state index contributed by atoms with van der Waals surface area (Å²) < 4.78 is 0. The molecule has 1 unspecified atom stereocenters. The van der Waals surface area contributed by atoms with Crippen LogP contribution in [0.15, 0.2) is 0 Å². The summed E-state index contributed by atoms with van der Waals surface area (Å²) in [5, 5.41) is 8.69. The van der Waals surface area contributed by atoms with Crippen molar-refractivity contribution in [2.24, 2.45) is 11.7 Å². The second-order valence-electron chi connectivity index (χ2n) is 4.17. The summed E-state index contributed by atoms with van der Waals surface area (Å²) in [6.45, 7) is 2.63. The van der Waals surface area contributed by atoms with Crippen molar-refractivity contribution in [3.63, 3.8) is 0 Å². The van der Waals surface area contributed by atoms with Gasteiger partial charge in [-0.2, -0.15) is 0 Å². The van der Waals surface area contributed by atoms with E-state index >= 15 is 0 Å². The van der Waals surface area contributed by atoms with Crippen LogP contribution in [0.1, 0.15) is 25.7 Å². The number of piperidine rings is 1. The molecule has 3 heteroatoms. The molecule has 0 bridgehead atoms. The molecule has 1 fully saturated rings. The van der Waals surface area contributed by atoms with Crippen LogP contribution in [0.2, 0.25) is 0 Å². The van der Waals surface area contributed by atoms with Gasteiger partial charge in [0.2, 0.25) is 0 Å². The fourth-order valence-corrected chi connectivity index (χ4v) is 2.02. The van der Waals surface area contributed by atoms with Crippen LogP contribution in [0.3, 0.4) is 0 Å². The van der Waals surface area contributed by atoms with E-state index in [1.807, 2.05) is 0 Å². The Morgan fingerprint density at radius 2 is 2.08 bits per heavy atom. The van der Waals surface area contributed by atoms with Crippen molar-refractivity contribution in [1.29, 1.82) is 0 Å². The fraction of sp³-hybridized carbons (Fsp3) is 1.00. The van der Waals surface area contributed by atoms with Gasteiger partial charge in [0, 0.05) is 12.6 Å². The molecule has 0 aromatic carbocycles. The Hall–Kier alpha value is -0.120. The number of likely N-dealkylation sites (tertiary alicyclic amines) is 1. The molecule has 78 valence electrons. The Kier molecular flexibility index (Phi) is 4.70. The maximum absolute atomic E-state index is 8.69. The van der Waals surface area contributed by atoms with Crippen LogP contribution in [0.4, 0.5) is 0 Å². The third-order valence-corrected chi connectivity index (χ3v) is 3.06. The molecule has 3 N–H and O–H groups in total. The molecule has 0 radical (unpaired) electrons. The summed E-state index contributed by atoms with van der Waals surface area (Å²) in [5.74, 6) is 0.683. The Bertz CT molecular complexity index is 133. The van der Waals surface area contributed by atoms with E-state index in [4.69, 9.17) is 10.8 Å². The number of aliphatic hydroxyl groups excluding tert-OH is 1. The zero-order valence-electron chi connectivity index (χ0n) is 8.58. The Morgan fingerprint density at radius 3 is 2.62 bits per heavy atom. The molecular weight excluding hydrogens is 164 g/mol. The minimum absolute atomic E-state index is 0.278. The number of hydrogen-bond donors (Lipinski definition) is 2. The number of rotatable bonds is 4. The maximum Gasteiger partial charge on any atom is 0.0431 e. The van der Waals surface area contributed by atoms with Crippen LogP contribution < -0.4 is 5.73 Å². The average molecular weight is 186 g/mol. The van der Waals surface area contributed by atoms with Gasteiger partial charge in [0.15, 0.2) is 0 Å². The first-order valence-electron chi connectivity index (χ1n) is 5.29. The van der Waals surface area contributed by atoms with E-state index in [1.165, 1.54) is 25.9 Å². The number of nitrogens with zero attached hydrogens (tertiary/aromatic N) is 1. The molecular formula is C10H22N2O. The van der Waals surface area contributed by atoms with Crippen LogP contribution in [0.25, 0.3) is 0 Å². The molecule has 0 amide bonds. The smallest absolute Gasteiger partial charge is 0.0431 e. The van der Waals surface area contributed by atoms with Gasteiger partial charge in [-0.1, -0.05) is 0 Å². The van der Waals surface area contributed by atoms with Crippen molar-refractivity contribution in [3.05, 3.63) is 0 Å². The van der Waals surface area contributed by atoms with Crippen molar-refractivity contribution in [1.82, 2.24) is 4.90 Å². The van der Waals surface area contributed by atoms with Crippen molar-refractivity contribution < 1.29 is 5.11 Å². The first-order valence-corrected chi connectivity index (χ1v) is 5.29. The molecule has 0 aliphatic carbocycles. The molecule has 0 aromatic heterocycles. The first kappa shape index (κ1) is 11.0. The predicted molar refractivity (Wildman–Crippen MR) is 54.5 cm³/mol. The summed E-state index contributed by atoms with van der Waals surface area (Å²) in [6.07, 6.45) is 4.28. The van der Waals surface area contributed by atoms with Crippen molar-refractivity contribution in [2.75, 3.05) is 26.7 Å². The summed E-state index contributed by atoms with van der Waals surface area (Å²) in [5.41, 5.74) is 6.05. The normalized spacial score (nSPS) is 23.3. The third-order valence-electron chi connectivity index (χ3n) is 3.06. The van der Waals surface area contributed by atoms with Crippen LogP contribution in [-0.4, -0.2) is 42.8 Å². The minimum Gasteiger partial charge on any atom is -0.396 e. The van der Waals surface area contributed by atoms with Gasteiger partial charge in [-0.05, 0) is 51.7 Å². The Morgan fingerprint density at radius 1 is 1.46 bits per heavy atom. The van der Waals surface area contributed by atoms with Gasteiger partial charge in [-0.15, -0.1) is 0 Å². The molecule has 13 heavy (non-hydrogen) atoms. The van der Waals surface area contributed by atoms with Gasteiger partial charge in [-0.25, -0.2) is 0 Å². The lowest BCUT2D eigenvalue weighted by atomic mass is 9.88. The van der Waals surface area contributed by atoms with Crippen molar-refractivity contribution in [2.45, 2.75) is 31.7 Å². The minimum atomic E-state index is 0.278. The SMILES string of the molecule is CN1CCC(C(N)CCCO)CC1. The molecule has 1 rings (SSSR count). The zero-order chi connectivity index (χ0) is 9.68. The van der Waals surface area contributed by atoms with Crippen LogP contribution in [0, 0.1) is 5.92 Å². The molecule has 1 aliphatic heterocycles. The van der Waals surface area contributed by atoms with Crippen molar-refractivity contribution >= 4 is 0 Å². The Labute approximate surface area is 80.9 Å². The maximum atomic E-state index is 8.69. The quantitative estimate of drug-likeness (QED) is 0.669. The molecule has 3 nitrogen and oxygen atoms in total. The highest BCUT2D eigenvalue weighted by Crippen LogP contribution is 2.20. The van der Waals surface area contributed by atoms with Crippen molar-refractivity contribution in [3.8, 4) is 0 Å². The topological polar surface area (TPSA) is 49.5 Å². The van der Waals surface area contributed by atoms with Gasteiger partial charge >= 0.3 is 0 Å². The summed E-state index contributed by atoms with van der Waals surface area (Å²) in [6, 6.07) is 0.306. The lowest BCUT2D eigenvalue weighted by Gasteiger charge is -2.32. The van der Waals surface area contributed by atoms with E-state index in [2.05, 4.69) is 11.9 Å². The lowest BCUT2D eigenvalue weighted by Crippen LogP contribution is -2.39. The molecule has 1 heterocycles. The second-order valence-corrected chi connectivity index (χ2v) is 4.17. The highest BCUT2D eigenvalue weighted by Gasteiger charge is 2.21. The zero-order valence-corrected chi connectivity index (χ0v) is 8.58. The molecule has 1 atom stereocenters. The number of hydrogen-bond acceptors (Lipinski definition) is 3. The third kappa shape index (κ3) is 3.63. The number of aliphatic hydroxyl groups is 1. The monoisotopic (exact) mass is 186 g/mol. The van der Waals surface area contributed by atoms with Gasteiger partial charge in [0.25, 0.3) is 0 Å². The van der Waals surface area contributed by atoms with Gasteiger partial charge in [0.05, 0.1) is 0 Å². The van der Waals surface area contributed by atoms with Gasteiger partial charge in [-0.3, -0.25) is 0 Å². The second kappa shape index (κ2) is 5.58. The van der Waals surface area contributed by atoms with E-state index in [-0.39, 0.29) is 6.61 Å². The molecule has 0 saturated carbocycles. The standard InChI is InChI=1S/C10H22N2O/c1-12-6-4-9(5-7-12)10(11)3-2-8-13/h9-10,13H,2-8,11H2,1H3. The molecule has 1 aliphatic rings. The van der Waals surface area contributed by atoms with Crippen LogP contribution >= 0.6 is 0 Å². The van der Waals surface area contributed by atoms with E-state index in [0.717, 1.165) is 12.8 Å². The highest BCUT2D eigenvalue weighted by atomic mass is 16.2. The predicted octanol–water partition coefficient (Wildman–Crippen LogP) is 0.428. The molecule has 1 saturated heterocycles. The lowest BCUT2D eigenvalue weighted by molar-refractivity contribution is 0.188. The van der Waals surface area contributed by atoms with Gasteiger partial charge in [0.1, 0.15) is 0 Å². The van der Waals surface area contributed by atoms with E-state index in [0.29, 0.717) is 12.0 Å². The number of nitrogens with two attached hydrogens (primary N) is 1. The first-order chi connectivity index (χ1) is 6.24. The average Bonchev–Trinajstić information content (AvgIpc) is 2.15. The van der Waals surface area contributed by atoms with E-state index in [9.17, 15) is 0 Å². The Balaban J connectivity index is 2.19.